The lowest BCUT2D eigenvalue weighted by molar-refractivity contribution is 0.0599. The number of benzene rings is 2. The molecule has 1 atom stereocenters. The number of fused-ring (bicyclic) bond motifs is 1. The van der Waals surface area contributed by atoms with Crippen LogP contribution in [0.3, 0.4) is 0 Å². The van der Waals surface area contributed by atoms with Gasteiger partial charge in [-0.1, -0.05) is 30.3 Å². The van der Waals surface area contributed by atoms with Crippen molar-refractivity contribution in [1.29, 1.82) is 0 Å². The number of esters is 1. The molecule has 2 aromatic rings. The fraction of sp³-hybridized carbons (Fsp3) is 0.316. The van der Waals surface area contributed by atoms with Crippen molar-refractivity contribution in [3.63, 3.8) is 0 Å². The predicted molar refractivity (Wildman–Crippen MR) is 98.6 cm³/mol. The highest BCUT2D eigenvalue weighted by Gasteiger charge is 2.24. The van der Waals surface area contributed by atoms with Gasteiger partial charge in [0, 0.05) is 12.6 Å². The highest BCUT2D eigenvalue weighted by atomic mass is 32.2. The van der Waals surface area contributed by atoms with Gasteiger partial charge in [0.2, 0.25) is 10.0 Å². The maximum absolute atomic E-state index is 12.8. The molecule has 138 valence electrons. The number of rotatable bonds is 5. The second kappa shape index (κ2) is 7.57. The molecule has 0 bridgehead atoms. The van der Waals surface area contributed by atoms with Gasteiger partial charge in [-0.05, 0) is 48.7 Å². The Kier molecular flexibility index (Phi) is 5.41. The van der Waals surface area contributed by atoms with Gasteiger partial charge in [0.1, 0.15) is 0 Å². The summed E-state index contributed by atoms with van der Waals surface area (Å²) in [6.07, 6.45) is 0.930. The molecule has 2 aromatic carbocycles. The molecule has 0 amide bonds. The molecule has 1 heterocycles. The van der Waals surface area contributed by atoms with Gasteiger partial charge in [0.25, 0.3) is 0 Å². The maximum Gasteiger partial charge on any atom is 0.338 e. The summed E-state index contributed by atoms with van der Waals surface area (Å²) in [5.41, 5.74) is 2.97. The predicted octanol–water partition coefficient (Wildman–Crippen LogP) is 1.95. The molecule has 0 aliphatic carbocycles. The minimum absolute atomic E-state index is 0.0844. The van der Waals surface area contributed by atoms with E-state index in [2.05, 4.69) is 16.1 Å². The molecule has 0 fully saturated rings. The molecule has 2 N–H and O–H groups in total. The summed E-state index contributed by atoms with van der Waals surface area (Å²) < 4.78 is 32.9. The first-order valence-corrected chi connectivity index (χ1v) is 9.91. The van der Waals surface area contributed by atoms with Gasteiger partial charge in [-0.15, -0.1) is 0 Å². The quantitative estimate of drug-likeness (QED) is 0.782. The molecular weight excluding hydrogens is 352 g/mol. The number of methoxy groups -OCH3 is 1. The van der Waals surface area contributed by atoms with Crippen LogP contribution in [0.4, 0.5) is 0 Å². The first-order valence-electron chi connectivity index (χ1n) is 8.43. The van der Waals surface area contributed by atoms with Crippen molar-refractivity contribution in [2.75, 3.05) is 20.2 Å². The topological polar surface area (TPSA) is 84.5 Å². The van der Waals surface area contributed by atoms with E-state index >= 15 is 0 Å². The van der Waals surface area contributed by atoms with Gasteiger partial charge in [-0.3, -0.25) is 0 Å². The van der Waals surface area contributed by atoms with Crippen molar-refractivity contribution in [3.05, 3.63) is 64.7 Å². The molecule has 0 aromatic heterocycles. The Bertz CT molecular complexity index is 925. The van der Waals surface area contributed by atoms with E-state index in [-0.39, 0.29) is 23.0 Å². The van der Waals surface area contributed by atoms with E-state index in [9.17, 15) is 13.2 Å². The molecule has 0 spiro atoms. The Balaban J connectivity index is 1.82. The van der Waals surface area contributed by atoms with E-state index in [0.29, 0.717) is 5.56 Å². The third-order valence-electron chi connectivity index (χ3n) is 4.67. The molecule has 0 saturated carbocycles. The van der Waals surface area contributed by atoms with Crippen LogP contribution < -0.4 is 10.0 Å². The van der Waals surface area contributed by atoms with Gasteiger partial charge < -0.3 is 10.1 Å². The van der Waals surface area contributed by atoms with E-state index in [0.717, 1.165) is 18.5 Å². The summed E-state index contributed by atoms with van der Waals surface area (Å²) >= 11 is 0. The molecule has 1 unspecified atom stereocenters. The Hall–Kier alpha value is -2.22. The molecule has 1 aliphatic heterocycles. The van der Waals surface area contributed by atoms with E-state index in [4.69, 9.17) is 4.74 Å². The van der Waals surface area contributed by atoms with Crippen LogP contribution in [-0.2, 0) is 21.2 Å². The molecular formula is C19H22N2O4S. The smallest absolute Gasteiger partial charge is 0.338 e. The van der Waals surface area contributed by atoms with E-state index in [1.54, 1.807) is 19.1 Å². The molecule has 1 aliphatic rings. The fourth-order valence-corrected chi connectivity index (χ4v) is 4.59. The normalized spacial score (nSPS) is 16.8. The second-order valence-electron chi connectivity index (χ2n) is 6.23. The summed E-state index contributed by atoms with van der Waals surface area (Å²) in [5, 5.41) is 3.35. The third-order valence-corrected chi connectivity index (χ3v) is 6.24. The first-order chi connectivity index (χ1) is 12.4. The van der Waals surface area contributed by atoms with Crippen LogP contribution >= 0.6 is 0 Å². The lowest BCUT2D eigenvalue weighted by atomic mass is 9.95. The lowest BCUT2D eigenvalue weighted by Crippen LogP contribution is -2.39. The van der Waals surface area contributed by atoms with Crippen molar-refractivity contribution in [2.24, 2.45) is 0 Å². The average molecular weight is 374 g/mol. The highest BCUT2D eigenvalue weighted by molar-refractivity contribution is 7.89. The molecule has 26 heavy (non-hydrogen) atoms. The number of ether oxygens (including phenoxy) is 1. The molecule has 6 nitrogen and oxygen atoms in total. The van der Waals surface area contributed by atoms with E-state index in [1.165, 1.54) is 18.7 Å². The van der Waals surface area contributed by atoms with Crippen LogP contribution in [-0.4, -0.2) is 34.6 Å². The Labute approximate surface area is 153 Å². The highest BCUT2D eigenvalue weighted by Crippen LogP contribution is 2.24. The number of hydrogen-bond acceptors (Lipinski definition) is 5. The van der Waals surface area contributed by atoms with Gasteiger partial charge in [0.15, 0.2) is 0 Å². The van der Waals surface area contributed by atoms with Gasteiger partial charge in [-0.2, -0.15) is 0 Å². The van der Waals surface area contributed by atoms with Crippen molar-refractivity contribution >= 4 is 16.0 Å². The summed E-state index contributed by atoms with van der Waals surface area (Å²) in [6.45, 7) is 2.65. The Morgan fingerprint density at radius 1 is 1.23 bits per heavy atom. The monoisotopic (exact) mass is 374 g/mol. The lowest BCUT2D eigenvalue weighted by Gasteiger charge is -2.27. The number of sulfonamides is 1. The molecule has 7 heteroatoms. The summed E-state index contributed by atoms with van der Waals surface area (Å²) in [6, 6.07) is 12.5. The maximum atomic E-state index is 12.8. The summed E-state index contributed by atoms with van der Waals surface area (Å²) in [4.78, 5) is 11.9. The zero-order chi connectivity index (χ0) is 18.7. The minimum atomic E-state index is -3.75. The first kappa shape index (κ1) is 18.6. The molecule has 3 rings (SSSR count). The van der Waals surface area contributed by atoms with Crippen LogP contribution in [0, 0.1) is 6.92 Å². The molecule has 0 saturated heterocycles. The van der Waals surface area contributed by atoms with Crippen LogP contribution in [0.2, 0.25) is 0 Å². The second-order valence-corrected chi connectivity index (χ2v) is 7.96. The molecule has 0 radical (unpaired) electrons. The number of hydrogen-bond donors (Lipinski definition) is 2. The zero-order valence-corrected chi connectivity index (χ0v) is 15.6. The van der Waals surface area contributed by atoms with Gasteiger partial charge >= 0.3 is 5.97 Å². The number of carbonyl (C=O) groups is 1. The Morgan fingerprint density at radius 2 is 2.00 bits per heavy atom. The van der Waals surface area contributed by atoms with Crippen LogP contribution in [0.5, 0.6) is 0 Å². The fourth-order valence-electron chi connectivity index (χ4n) is 3.28. The largest absolute Gasteiger partial charge is 0.465 e. The standard InChI is InChI=1S/C19H22N2O4S/c1-13-15(19(22)25-2)8-5-9-18(13)26(23,24)21-12-17-16-7-4-3-6-14(16)10-11-20-17/h3-9,17,20-21H,10-12H2,1-2H3. The van der Waals surface area contributed by atoms with E-state index < -0.39 is 16.0 Å². The van der Waals surface area contributed by atoms with Crippen molar-refractivity contribution in [2.45, 2.75) is 24.3 Å². The number of carbonyl (C=O) groups excluding carboxylic acids is 1. The van der Waals surface area contributed by atoms with Gasteiger partial charge in [0.05, 0.1) is 17.6 Å². The van der Waals surface area contributed by atoms with Crippen LogP contribution in [0.1, 0.15) is 33.1 Å². The van der Waals surface area contributed by atoms with Crippen molar-refractivity contribution in [3.8, 4) is 0 Å². The van der Waals surface area contributed by atoms with Crippen molar-refractivity contribution < 1.29 is 17.9 Å². The minimum Gasteiger partial charge on any atom is -0.465 e. The third kappa shape index (κ3) is 3.65. The Morgan fingerprint density at radius 3 is 2.77 bits per heavy atom. The van der Waals surface area contributed by atoms with Crippen molar-refractivity contribution in [1.82, 2.24) is 10.0 Å². The van der Waals surface area contributed by atoms with Crippen LogP contribution in [0.15, 0.2) is 47.4 Å². The summed E-state index contributed by atoms with van der Waals surface area (Å²) in [5.74, 6) is -0.553. The zero-order valence-electron chi connectivity index (χ0n) is 14.8. The van der Waals surface area contributed by atoms with Gasteiger partial charge in [-0.25, -0.2) is 17.9 Å². The van der Waals surface area contributed by atoms with Crippen LogP contribution in [0.25, 0.3) is 0 Å². The average Bonchev–Trinajstić information content (AvgIpc) is 2.65. The number of nitrogens with one attached hydrogen (secondary N) is 2. The summed E-state index contributed by atoms with van der Waals surface area (Å²) in [7, 11) is -2.48. The SMILES string of the molecule is COC(=O)c1cccc(S(=O)(=O)NCC2NCCc3ccccc32)c1C. The van der Waals surface area contributed by atoms with E-state index in [1.807, 2.05) is 18.2 Å².